The summed E-state index contributed by atoms with van der Waals surface area (Å²) in [5.41, 5.74) is 1.69. The average molecular weight is 285 g/mol. The molecule has 1 aromatic carbocycles. The van der Waals surface area contributed by atoms with Crippen molar-refractivity contribution < 1.29 is 9.53 Å². The van der Waals surface area contributed by atoms with Crippen LogP contribution in [0.3, 0.4) is 0 Å². The molecule has 2 rings (SSSR count). The van der Waals surface area contributed by atoms with Gasteiger partial charge in [0.25, 0.3) is 5.91 Å². The van der Waals surface area contributed by atoms with Gasteiger partial charge in [-0.1, -0.05) is 19.4 Å². The molecule has 1 aromatic rings. The van der Waals surface area contributed by atoms with Crippen LogP contribution < -0.4 is 10.1 Å². The molecule has 2 unspecified atom stereocenters. The molecule has 0 radical (unpaired) electrons. The molecule has 1 fully saturated rings. The minimum Gasteiger partial charge on any atom is -0.496 e. The van der Waals surface area contributed by atoms with Gasteiger partial charge in [0.15, 0.2) is 0 Å². The van der Waals surface area contributed by atoms with E-state index in [4.69, 9.17) is 11.2 Å². The molecular weight excluding hydrogens is 262 g/mol. The fourth-order valence-electron chi connectivity index (χ4n) is 2.91. The van der Waals surface area contributed by atoms with Gasteiger partial charge in [-0.05, 0) is 42.9 Å². The van der Waals surface area contributed by atoms with E-state index >= 15 is 0 Å². The first kappa shape index (κ1) is 15.4. The summed E-state index contributed by atoms with van der Waals surface area (Å²) >= 11 is 0. The lowest BCUT2D eigenvalue weighted by atomic mass is 10.0. The van der Waals surface area contributed by atoms with Crippen molar-refractivity contribution in [2.45, 2.75) is 45.1 Å². The maximum atomic E-state index is 12.3. The van der Waals surface area contributed by atoms with Crippen LogP contribution in [0.1, 0.15) is 48.5 Å². The zero-order valence-corrected chi connectivity index (χ0v) is 12.8. The highest BCUT2D eigenvalue weighted by Gasteiger charge is 2.25. The summed E-state index contributed by atoms with van der Waals surface area (Å²) in [6.07, 6.45) is 10.2. The molecule has 0 bridgehead atoms. The molecule has 0 aromatic heterocycles. The SMILES string of the molecule is C#CCCc1ccc(C(=O)NC2CCCC2C)cc1OC. The third-order valence-corrected chi connectivity index (χ3v) is 4.27. The summed E-state index contributed by atoms with van der Waals surface area (Å²) in [4.78, 5) is 12.3. The van der Waals surface area contributed by atoms with Crippen LogP contribution in [0.15, 0.2) is 18.2 Å². The van der Waals surface area contributed by atoms with E-state index in [-0.39, 0.29) is 5.91 Å². The monoisotopic (exact) mass is 285 g/mol. The Bertz CT molecular complexity index is 545. The Labute approximate surface area is 127 Å². The van der Waals surface area contributed by atoms with E-state index in [1.165, 1.54) is 12.8 Å². The Kier molecular flexibility index (Phi) is 5.27. The average Bonchev–Trinajstić information content (AvgIpc) is 2.90. The lowest BCUT2D eigenvalue weighted by molar-refractivity contribution is 0.0929. The summed E-state index contributed by atoms with van der Waals surface area (Å²) in [6.45, 7) is 2.20. The topological polar surface area (TPSA) is 38.3 Å². The lowest BCUT2D eigenvalue weighted by Crippen LogP contribution is -2.36. The molecule has 1 aliphatic carbocycles. The number of carbonyl (C=O) groups is 1. The Hall–Kier alpha value is -1.95. The second kappa shape index (κ2) is 7.17. The maximum absolute atomic E-state index is 12.3. The summed E-state index contributed by atoms with van der Waals surface area (Å²) in [5, 5.41) is 3.13. The van der Waals surface area contributed by atoms with Gasteiger partial charge in [0.2, 0.25) is 0 Å². The van der Waals surface area contributed by atoms with Crippen LogP contribution in [0.4, 0.5) is 0 Å². The Morgan fingerprint density at radius 2 is 2.29 bits per heavy atom. The molecule has 0 aliphatic heterocycles. The molecule has 0 heterocycles. The minimum absolute atomic E-state index is 0.0180. The second-order valence-electron chi connectivity index (χ2n) is 5.72. The molecule has 3 nitrogen and oxygen atoms in total. The van der Waals surface area contributed by atoms with Gasteiger partial charge >= 0.3 is 0 Å². The zero-order valence-electron chi connectivity index (χ0n) is 12.8. The fourth-order valence-corrected chi connectivity index (χ4v) is 2.91. The van der Waals surface area contributed by atoms with Gasteiger partial charge in [0.1, 0.15) is 5.75 Å². The van der Waals surface area contributed by atoms with E-state index in [1.807, 2.05) is 12.1 Å². The Morgan fingerprint density at radius 1 is 1.48 bits per heavy atom. The number of hydrogen-bond acceptors (Lipinski definition) is 2. The van der Waals surface area contributed by atoms with Crippen LogP contribution in [0.2, 0.25) is 0 Å². The molecule has 1 saturated carbocycles. The van der Waals surface area contributed by atoms with Crippen molar-refractivity contribution >= 4 is 5.91 Å². The Morgan fingerprint density at radius 3 is 2.90 bits per heavy atom. The van der Waals surface area contributed by atoms with E-state index in [2.05, 4.69) is 18.2 Å². The first-order valence-corrected chi connectivity index (χ1v) is 7.57. The molecular formula is C18H23NO2. The predicted molar refractivity (Wildman–Crippen MR) is 84.4 cm³/mol. The highest BCUT2D eigenvalue weighted by atomic mass is 16.5. The largest absolute Gasteiger partial charge is 0.496 e. The number of rotatable bonds is 5. The quantitative estimate of drug-likeness (QED) is 0.844. The molecule has 0 saturated heterocycles. The van der Waals surface area contributed by atoms with E-state index in [0.717, 1.165) is 24.2 Å². The maximum Gasteiger partial charge on any atom is 0.251 e. The molecule has 1 aliphatic rings. The summed E-state index contributed by atoms with van der Waals surface area (Å²) in [7, 11) is 1.62. The van der Waals surface area contributed by atoms with Crippen LogP contribution in [-0.2, 0) is 6.42 Å². The van der Waals surface area contributed by atoms with Crippen molar-refractivity contribution in [2.75, 3.05) is 7.11 Å². The van der Waals surface area contributed by atoms with Crippen molar-refractivity contribution in [1.29, 1.82) is 0 Å². The van der Waals surface area contributed by atoms with Crippen LogP contribution >= 0.6 is 0 Å². The molecule has 1 N–H and O–H groups in total. The highest BCUT2D eigenvalue weighted by molar-refractivity contribution is 5.95. The molecule has 21 heavy (non-hydrogen) atoms. The van der Waals surface area contributed by atoms with Crippen molar-refractivity contribution in [3.8, 4) is 18.1 Å². The van der Waals surface area contributed by atoms with E-state index in [9.17, 15) is 4.79 Å². The standard InChI is InChI=1S/C18H23NO2/c1-4-5-8-14-10-11-15(12-17(14)21-3)18(20)19-16-9-6-7-13(16)2/h1,10-13,16H,5-9H2,2-3H3,(H,19,20). The van der Waals surface area contributed by atoms with Gasteiger partial charge in [0.05, 0.1) is 7.11 Å². The smallest absolute Gasteiger partial charge is 0.251 e. The molecule has 1 amide bonds. The van der Waals surface area contributed by atoms with E-state index in [0.29, 0.717) is 23.9 Å². The van der Waals surface area contributed by atoms with Gasteiger partial charge in [0, 0.05) is 18.0 Å². The number of hydrogen-bond donors (Lipinski definition) is 1. The number of terminal acetylenes is 1. The molecule has 3 heteroatoms. The fraction of sp³-hybridized carbons (Fsp3) is 0.500. The summed E-state index contributed by atoms with van der Waals surface area (Å²) in [6, 6.07) is 5.89. The third kappa shape index (κ3) is 3.78. The van der Waals surface area contributed by atoms with Gasteiger partial charge in [-0.2, -0.15) is 0 Å². The minimum atomic E-state index is -0.0180. The zero-order chi connectivity index (χ0) is 15.2. The van der Waals surface area contributed by atoms with Crippen LogP contribution in [0, 0.1) is 18.3 Å². The van der Waals surface area contributed by atoms with Crippen LogP contribution in [0.25, 0.3) is 0 Å². The van der Waals surface area contributed by atoms with Crippen LogP contribution in [0.5, 0.6) is 5.75 Å². The first-order chi connectivity index (χ1) is 10.2. The van der Waals surface area contributed by atoms with Crippen molar-refractivity contribution in [3.05, 3.63) is 29.3 Å². The number of nitrogens with one attached hydrogen (secondary N) is 1. The number of benzene rings is 1. The van der Waals surface area contributed by atoms with Gasteiger partial charge in [-0.15, -0.1) is 12.3 Å². The normalized spacial score (nSPS) is 20.8. The number of amides is 1. The van der Waals surface area contributed by atoms with Crippen molar-refractivity contribution in [2.24, 2.45) is 5.92 Å². The number of carbonyl (C=O) groups excluding carboxylic acids is 1. The third-order valence-electron chi connectivity index (χ3n) is 4.27. The number of methoxy groups -OCH3 is 1. The molecule has 112 valence electrons. The Balaban J connectivity index is 2.09. The van der Waals surface area contributed by atoms with E-state index < -0.39 is 0 Å². The lowest BCUT2D eigenvalue weighted by Gasteiger charge is -2.18. The van der Waals surface area contributed by atoms with Gasteiger partial charge in [-0.25, -0.2) is 0 Å². The van der Waals surface area contributed by atoms with Gasteiger partial charge in [-0.3, -0.25) is 4.79 Å². The van der Waals surface area contributed by atoms with Crippen molar-refractivity contribution in [1.82, 2.24) is 5.32 Å². The van der Waals surface area contributed by atoms with E-state index in [1.54, 1.807) is 13.2 Å². The van der Waals surface area contributed by atoms with Crippen molar-refractivity contribution in [3.63, 3.8) is 0 Å². The number of aryl methyl sites for hydroxylation is 1. The molecule has 0 spiro atoms. The summed E-state index contributed by atoms with van der Waals surface area (Å²) < 4.78 is 5.38. The van der Waals surface area contributed by atoms with Gasteiger partial charge < -0.3 is 10.1 Å². The number of ether oxygens (including phenoxy) is 1. The molecule has 2 atom stereocenters. The highest BCUT2D eigenvalue weighted by Crippen LogP contribution is 2.26. The predicted octanol–water partition coefficient (Wildman–Crippen LogP) is 3.18. The second-order valence-corrected chi connectivity index (χ2v) is 5.72. The summed E-state index contributed by atoms with van der Waals surface area (Å²) in [5.74, 6) is 3.90. The first-order valence-electron chi connectivity index (χ1n) is 7.57. The van der Waals surface area contributed by atoms with Crippen LogP contribution in [-0.4, -0.2) is 19.1 Å².